The number of benzene rings is 1. The second-order valence-electron chi connectivity index (χ2n) is 8.40. The average Bonchev–Trinajstić information content (AvgIpc) is 2.75. The molecular weight excluding hydrogens is 372 g/mol. The molecule has 0 aliphatic rings. The molecule has 30 heavy (non-hydrogen) atoms. The second-order valence-corrected chi connectivity index (χ2v) is 8.40. The lowest BCUT2D eigenvalue weighted by molar-refractivity contribution is -0.137. The van der Waals surface area contributed by atoms with Crippen LogP contribution in [0, 0.1) is 0 Å². The summed E-state index contributed by atoms with van der Waals surface area (Å²) in [4.78, 5) is 11.7. The molecule has 0 fully saturated rings. The zero-order chi connectivity index (χ0) is 21.7. The van der Waals surface area contributed by atoms with E-state index in [1.54, 1.807) is 30.3 Å². The van der Waals surface area contributed by atoms with Crippen LogP contribution in [0.15, 0.2) is 30.3 Å². The van der Waals surface area contributed by atoms with E-state index in [0.29, 0.717) is 6.61 Å². The first kappa shape index (κ1) is 26.3. The Kier molecular flexibility index (Phi) is 16.8. The molecule has 0 heterocycles. The summed E-state index contributed by atoms with van der Waals surface area (Å²) in [5, 5.41) is 9.23. The maximum absolute atomic E-state index is 11.7. The molecule has 0 atom stereocenters. The molecule has 3 nitrogen and oxygen atoms in total. The van der Waals surface area contributed by atoms with E-state index >= 15 is 0 Å². The van der Waals surface area contributed by atoms with Crippen LogP contribution < -0.4 is 0 Å². The maximum Gasteiger partial charge on any atom is 0.330 e. The SMILES string of the molecule is CCCCCCCCCCCCCCCCCCOC(=O)/C=C\c1ccc(O)cc1. The van der Waals surface area contributed by atoms with Crippen LogP contribution in [-0.4, -0.2) is 17.7 Å². The Bertz CT molecular complexity index is 548. The number of ether oxygens (including phenoxy) is 1. The first-order valence-electron chi connectivity index (χ1n) is 12.4. The summed E-state index contributed by atoms with van der Waals surface area (Å²) < 4.78 is 5.23. The van der Waals surface area contributed by atoms with Gasteiger partial charge in [0, 0.05) is 6.08 Å². The number of esters is 1. The Morgan fingerprint density at radius 1 is 0.733 bits per heavy atom. The van der Waals surface area contributed by atoms with E-state index < -0.39 is 0 Å². The van der Waals surface area contributed by atoms with Gasteiger partial charge in [-0.15, -0.1) is 0 Å². The van der Waals surface area contributed by atoms with Gasteiger partial charge in [0.2, 0.25) is 0 Å². The highest BCUT2D eigenvalue weighted by atomic mass is 16.5. The van der Waals surface area contributed by atoms with Gasteiger partial charge >= 0.3 is 5.97 Å². The molecule has 1 rings (SSSR count). The van der Waals surface area contributed by atoms with Gasteiger partial charge in [-0.1, -0.05) is 115 Å². The minimum absolute atomic E-state index is 0.221. The van der Waals surface area contributed by atoms with Crippen molar-refractivity contribution in [2.24, 2.45) is 0 Å². The molecule has 0 aliphatic carbocycles. The third-order valence-electron chi connectivity index (χ3n) is 5.55. The number of hydrogen-bond acceptors (Lipinski definition) is 3. The van der Waals surface area contributed by atoms with Crippen molar-refractivity contribution in [2.45, 2.75) is 110 Å². The number of carbonyl (C=O) groups is 1. The molecule has 0 aliphatic heterocycles. The molecule has 0 aromatic heterocycles. The Labute approximate surface area is 184 Å². The van der Waals surface area contributed by atoms with Crippen molar-refractivity contribution in [1.82, 2.24) is 0 Å². The molecule has 3 heteroatoms. The minimum Gasteiger partial charge on any atom is -0.508 e. The summed E-state index contributed by atoms with van der Waals surface area (Å²) >= 11 is 0. The summed E-state index contributed by atoms with van der Waals surface area (Å²) in [6, 6.07) is 6.71. The van der Waals surface area contributed by atoms with Crippen molar-refractivity contribution in [3.05, 3.63) is 35.9 Å². The molecule has 1 aromatic rings. The van der Waals surface area contributed by atoms with Crippen molar-refractivity contribution in [1.29, 1.82) is 0 Å². The van der Waals surface area contributed by atoms with Crippen LogP contribution in [0.25, 0.3) is 6.08 Å². The fourth-order valence-corrected chi connectivity index (χ4v) is 3.62. The fourth-order valence-electron chi connectivity index (χ4n) is 3.62. The lowest BCUT2D eigenvalue weighted by Crippen LogP contribution is -2.02. The summed E-state index contributed by atoms with van der Waals surface area (Å²) in [5.41, 5.74) is 0.868. The Morgan fingerprint density at radius 3 is 1.63 bits per heavy atom. The van der Waals surface area contributed by atoms with E-state index in [1.807, 2.05) is 0 Å². The highest BCUT2D eigenvalue weighted by Gasteiger charge is 1.98. The van der Waals surface area contributed by atoms with Gasteiger partial charge in [-0.3, -0.25) is 0 Å². The number of carbonyl (C=O) groups excluding carboxylic acids is 1. The number of unbranched alkanes of at least 4 members (excludes halogenated alkanes) is 15. The van der Waals surface area contributed by atoms with E-state index in [-0.39, 0.29) is 11.7 Å². The van der Waals surface area contributed by atoms with Crippen LogP contribution in [0.2, 0.25) is 0 Å². The van der Waals surface area contributed by atoms with Crippen LogP contribution >= 0.6 is 0 Å². The molecule has 0 amide bonds. The highest BCUT2D eigenvalue weighted by Crippen LogP contribution is 2.14. The Morgan fingerprint density at radius 2 is 1.17 bits per heavy atom. The van der Waals surface area contributed by atoms with Crippen molar-refractivity contribution in [3.8, 4) is 5.75 Å². The third kappa shape index (κ3) is 16.1. The lowest BCUT2D eigenvalue weighted by atomic mass is 10.0. The summed E-state index contributed by atoms with van der Waals surface area (Å²) in [6.07, 6.45) is 24.6. The molecule has 0 unspecified atom stereocenters. The topological polar surface area (TPSA) is 46.5 Å². The van der Waals surface area contributed by atoms with Gasteiger partial charge in [0.15, 0.2) is 0 Å². The molecule has 0 saturated carbocycles. The van der Waals surface area contributed by atoms with Gasteiger partial charge < -0.3 is 9.84 Å². The molecule has 170 valence electrons. The van der Waals surface area contributed by atoms with Crippen LogP contribution in [0.4, 0.5) is 0 Å². The molecule has 1 N–H and O–H groups in total. The third-order valence-corrected chi connectivity index (χ3v) is 5.55. The molecule has 0 spiro atoms. The predicted octanol–water partition coefficient (Wildman–Crippen LogP) is 8.21. The van der Waals surface area contributed by atoms with Gasteiger partial charge in [-0.2, -0.15) is 0 Å². The normalized spacial score (nSPS) is 11.2. The van der Waals surface area contributed by atoms with Crippen LogP contribution in [0.3, 0.4) is 0 Å². The van der Waals surface area contributed by atoms with E-state index in [0.717, 1.165) is 18.4 Å². The maximum atomic E-state index is 11.7. The largest absolute Gasteiger partial charge is 0.508 e. The summed E-state index contributed by atoms with van der Waals surface area (Å²) in [7, 11) is 0. The van der Waals surface area contributed by atoms with Gasteiger partial charge in [-0.05, 0) is 30.2 Å². The first-order chi connectivity index (χ1) is 14.7. The number of rotatable bonds is 19. The Balaban J connectivity index is 1.81. The van der Waals surface area contributed by atoms with E-state index in [9.17, 15) is 9.90 Å². The molecule has 0 radical (unpaired) electrons. The van der Waals surface area contributed by atoms with Crippen LogP contribution in [-0.2, 0) is 9.53 Å². The monoisotopic (exact) mass is 416 g/mol. The fraction of sp³-hybridized carbons (Fsp3) is 0.667. The van der Waals surface area contributed by atoms with Gasteiger partial charge in [0.1, 0.15) is 5.75 Å². The zero-order valence-electron chi connectivity index (χ0n) is 19.2. The molecule has 0 saturated heterocycles. The summed E-state index contributed by atoms with van der Waals surface area (Å²) in [5.74, 6) is -0.0812. The van der Waals surface area contributed by atoms with Crippen molar-refractivity contribution in [3.63, 3.8) is 0 Å². The predicted molar refractivity (Wildman–Crippen MR) is 128 cm³/mol. The zero-order valence-corrected chi connectivity index (χ0v) is 19.2. The van der Waals surface area contributed by atoms with Gasteiger partial charge in [0.05, 0.1) is 6.61 Å². The smallest absolute Gasteiger partial charge is 0.330 e. The van der Waals surface area contributed by atoms with E-state index in [4.69, 9.17) is 4.74 Å². The number of aromatic hydroxyl groups is 1. The standard InChI is InChI=1S/C27H44O3/c1-2-3-4-5-6-7-8-9-10-11-12-13-14-15-16-17-24-30-27(29)23-20-25-18-21-26(28)22-19-25/h18-23,28H,2-17,24H2,1H3/b23-20-. The molecular formula is C27H44O3. The quantitative estimate of drug-likeness (QED) is 0.140. The van der Waals surface area contributed by atoms with Crippen molar-refractivity contribution >= 4 is 12.0 Å². The minimum atomic E-state index is -0.302. The van der Waals surface area contributed by atoms with Crippen LogP contribution in [0.1, 0.15) is 115 Å². The van der Waals surface area contributed by atoms with E-state index in [1.165, 1.54) is 96.0 Å². The highest BCUT2D eigenvalue weighted by molar-refractivity contribution is 5.87. The van der Waals surface area contributed by atoms with Crippen molar-refractivity contribution in [2.75, 3.05) is 6.61 Å². The van der Waals surface area contributed by atoms with Crippen molar-refractivity contribution < 1.29 is 14.6 Å². The van der Waals surface area contributed by atoms with Gasteiger partial charge in [-0.25, -0.2) is 4.79 Å². The number of hydrogen-bond donors (Lipinski definition) is 1. The molecule has 1 aromatic carbocycles. The second kappa shape index (κ2) is 19.2. The number of phenolic OH excluding ortho intramolecular Hbond substituents is 1. The summed E-state index contributed by atoms with van der Waals surface area (Å²) in [6.45, 7) is 2.77. The Hall–Kier alpha value is -1.77. The van der Waals surface area contributed by atoms with E-state index in [2.05, 4.69) is 6.92 Å². The average molecular weight is 417 g/mol. The molecule has 0 bridgehead atoms. The van der Waals surface area contributed by atoms with Gasteiger partial charge in [0.25, 0.3) is 0 Å². The lowest BCUT2D eigenvalue weighted by Gasteiger charge is -2.04. The van der Waals surface area contributed by atoms with Crippen LogP contribution in [0.5, 0.6) is 5.75 Å². The first-order valence-corrected chi connectivity index (χ1v) is 12.4. The number of phenols is 1.